The first-order valence-electron chi connectivity index (χ1n) is 14.1. The Bertz CT molecular complexity index is 1240. The van der Waals surface area contributed by atoms with Gasteiger partial charge in [-0.1, -0.05) is 29.4 Å². The van der Waals surface area contributed by atoms with Gasteiger partial charge in [0, 0.05) is 29.8 Å². The molecule has 6 heteroatoms. The zero-order valence-electron chi connectivity index (χ0n) is 22.9. The number of aryl methyl sites for hydroxylation is 2. The average molecular weight is 517 g/mol. The molecule has 5 rings (SSSR count). The second kappa shape index (κ2) is 11.7. The lowest BCUT2D eigenvalue weighted by Gasteiger charge is -2.36. The van der Waals surface area contributed by atoms with E-state index in [1.54, 1.807) is 7.11 Å². The molecule has 0 radical (unpaired) electrons. The Kier molecular flexibility index (Phi) is 8.18. The molecule has 0 saturated heterocycles. The van der Waals surface area contributed by atoms with E-state index in [2.05, 4.69) is 36.3 Å². The molecule has 38 heavy (non-hydrogen) atoms. The predicted molar refractivity (Wildman–Crippen MR) is 149 cm³/mol. The molecule has 0 bridgehead atoms. The third-order valence-corrected chi connectivity index (χ3v) is 8.57. The Hall–Kier alpha value is -3.12. The number of aliphatic hydroxyl groups is 1. The van der Waals surface area contributed by atoms with Crippen LogP contribution in [-0.4, -0.2) is 35.9 Å². The van der Waals surface area contributed by atoms with Crippen LogP contribution in [0.3, 0.4) is 0 Å². The van der Waals surface area contributed by atoms with Crippen molar-refractivity contribution in [2.45, 2.75) is 77.2 Å². The number of benzene rings is 2. The van der Waals surface area contributed by atoms with Gasteiger partial charge in [-0.15, -0.1) is 0 Å². The maximum atomic E-state index is 13.9. The lowest BCUT2D eigenvalue weighted by Crippen LogP contribution is -2.41. The summed E-state index contributed by atoms with van der Waals surface area (Å²) in [5, 5.41) is 14.2. The van der Waals surface area contributed by atoms with Gasteiger partial charge in [0.1, 0.15) is 17.2 Å². The van der Waals surface area contributed by atoms with Crippen molar-refractivity contribution < 1.29 is 19.2 Å². The lowest BCUT2D eigenvalue weighted by atomic mass is 9.78. The number of methoxy groups -OCH3 is 1. The highest BCUT2D eigenvalue weighted by Gasteiger charge is 2.32. The highest BCUT2D eigenvalue weighted by atomic mass is 16.5. The summed E-state index contributed by atoms with van der Waals surface area (Å²) in [6, 6.07) is 16.6. The number of aromatic nitrogens is 1. The number of aliphatic hydroxyl groups excluding tert-OH is 1. The SMILES string of the molecule is COc1ccc([C@H]2CC[C@H](CN(c3cccc(-c4cc(C)on4)c3)C(=O)[C@H]3CC[C@H](O)CC3)CC2)cc1C. The van der Waals surface area contributed by atoms with Gasteiger partial charge < -0.3 is 19.3 Å². The minimum absolute atomic E-state index is 0.0324. The van der Waals surface area contributed by atoms with Crippen LogP contribution in [0.2, 0.25) is 0 Å². The molecule has 0 atom stereocenters. The van der Waals surface area contributed by atoms with Gasteiger partial charge in [0.15, 0.2) is 0 Å². The maximum absolute atomic E-state index is 13.9. The van der Waals surface area contributed by atoms with Crippen molar-refractivity contribution >= 4 is 11.6 Å². The van der Waals surface area contributed by atoms with Gasteiger partial charge in [0.2, 0.25) is 5.91 Å². The van der Waals surface area contributed by atoms with Crippen LogP contribution in [0, 0.1) is 25.7 Å². The Morgan fingerprint density at radius 3 is 2.42 bits per heavy atom. The summed E-state index contributed by atoms with van der Waals surface area (Å²) in [5.74, 6) is 2.88. The maximum Gasteiger partial charge on any atom is 0.230 e. The summed E-state index contributed by atoms with van der Waals surface area (Å²) in [7, 11) is 1.72. The summed E-state index contributed by atoms with van der Waals surface area (Å²) >= 11 is 0. The molecule has 3 aromatic rings. The van der Waals surface area contributed by atoms with Gasteiger partial charge in [0.25, 0.3) is 0 Å². The number of rotatable bonds is 7. The Morgan fingerprint density at radius 1 is 1.00 bits per heavy atom. The lowest BCUT2D eigenvalue weighted by molar-refractivity contribution is -0.124. The third kappa shape index (κ3) is 5.96. The number of hydrogen-bond acceptors (Lipinski definition) is 5. The second-order valence-electron chi connectivity index (χ2n) is 11.3. The average Bonchev–Trinajstić information content (AvgIpc) is 3.38. The van der Waals surface area contributed by atoms with Crippen molar-refractivity contribution in [2.24, 2.45) is 11.8 Å². The number of anilines is 1. The smallest absolute Gasteiger partial charge is 0.230 e. The molecule has 2 aliphatic rings. The molecule has 2 fully saturated rings. The van der Waals surface area contributed by atoms with Crippen LogP contribution in [0.15, 0.2) is 53.1 Å². The highest BCUT2D eigenvalue weighted by Crippen LogP contribution is 2.39. The van der Waals surface area contributed by atoms with Crippen molar-refractivity contribution in [3.63, 3.8) is 0 Å². The fourth-order valence-electron chi connectivity index (χ4n) is 6.29. The molecule has 1 aromatic heterocycles. The third-order valence-electron chi connectivity index (χ3n) is 8.57. The van der Waals surface area contributed by atoms with Crippen LogP contribution in [-0.2, 0) is 4.79 Å². The largest absolute Gasteiger partial charge is 0.496 e. The Balaban J connectivity index is 1.32. The van der Waals surface area contributed by atoms with Crippen molar-refractivity contribution in [1.29, 1.82) is 0 Å². The van der Waals surface area contributed by atoms with Crippen LogP contribution in [0.5, 0.6) is 5.75 Å². The van der Waals surface area contributed by atoms with Crippen LogP contribution < -0.4 is 9.64 Å². The summed E-state index contributed by atoms with van der Waals surface area (Å²) in [6.45, 7) is 4.72. The van der Waals surface area contributed by atoms with Gasteiger partial charge >= 0.3 is 0 Å². The fourth-order valence-corrected chi connectivity index (χ4v) is 6.29. The molecular weight excluding hydrogens is 476 g/mol. The minimum Gasteiger partial charge on any atom is -0.496 e. The van der Waals surface area contributed by atoms with Crippen LogP contribution in [0.4, 0.5) is 5.69 Å². The van der Waals surface area contributed by atoms with Crippen LogP contribution >= 0.6 is 0 Å². The van der Waals surface area contributed by atoms with E-state index in [0.717, 1.165) is 73.5 Å². The van der Waals surface area contributed by atoms with E-state index in [0.29, 0.717) is 24.7 Å². The topological polar surface area (TPSA) is 75.8 Å². The van der Waals surface area contributed by atoms with Crippen LogP contribution in [0.1, 0.15) is 74.2 Å². The first-order chi connectivity index (χ1) is 18.4. The van der Waals surface area contributed by atoms with Crippen molar-refractivity contribution in [2.75, 3.05) is 18.6 Å². The number of carbonyl (C=O) groups excluding carboxylic acids is 1. The van der Waals surface area contributed by atoms with E-state index in [-0.39, 0.29) is 17.9 Å². The van der Waals surface area contributed by atoms with Gasteiger partial charge in [0.05, 0.1) is 13.2 Å². The van der Waals surface area contributed by atoms with Gasteiger partial charge in [-0.3, -0.25) is 4.79 Å². The molecule has 1 amide bonds. The standard InChI is InChI=1S/C32H40N2O4/c1-21-17-26(13-16-31(21)37-3)24-9-7-23(8-10-24)20-34(32(36)25-11-14-29(35)15-12-25)28-6-4-5-27(19-28)30-18-22(2)38-33-30/h4-6,13,16-19,23-25,29,35H,7-12,14-15,20H2,1-3H3/t23-,24-,25-,29-. The van der Waals surface area contributed by atoms with E-state index < -0.39 is 0 Å². The summed E-state index contributed by atoms with van der Waals surface area (Å²) in [6.07, 6.45) is 7.10. The molecule has 2 aromatic carbocycles. The zero-order chi connectivity index (χ0) is 26.6. The summed E-state index contributed by atoms with van der Waals surface area (Å²) < 4.78 is 10.7. The van der Waals surface area contributed by atoms with Crippen molar-refractivity contribution in [3.05, 3.63) is 65.4 Å². The molecule has 6 nitrogen and oxygen atoms in total. The van der Waals surface area contributed by atoms with Gasteiger partial charge in [-0.2, -0.15) is 0 Å². The molecule has 202 valence electrons. The summed E-state index contributed by atoms with van der Waals surface area (Å²) in [4.78, 5) is 15.9. The summed E-state index contributed by atoms with van der Waals surface area (Å²) in [5.41, 5.74) is 5.24. The normalized spacial score (nSPS) is 23.7. The van der Waals surface area contributed by atoms with E-state index in [4.69, 9.17) is 9.26 Å². The molecular formula is C32H40N2O4. The number of nitrogens with zero attached hydrogens (tertiary/aromatic N) is 2. The van der Waals surface area contributed by atoms with Gasteiger partial charge in [-0.25, -0.2) is 0 Å². The Labute approximate surface area is 226 Å². The second-order valence-corrected chi connectivity index (χ2v) is 11.3. The van der Waals surface area contributed by atoms with E-state index in [9.17, 15) is 9.90 Å². The molecule has 2 aliphatic carbocycles. The number of carbonyl (C=O) groups is 1. The molecule has 1 N–H and O–H groups in total. The van der Waals surface area contributed by atoms with Crippen molar-refractivity contribution in [3.8, 4) is 17.0 Å². The van der Waals surface area contributed by atoms with E-state index in [1.807, 2.05) is 36.1 Å². The molecule has 0 spiro atoms. The van der Waals surface area contributed by atoms with E-state index in [1.165, 1.54) is 11.1 Å². The molecule has 0 unspecified atom stereocenters. The molecule has 1 heterocycles. The minimum atomic E-state index is -0.275. The zero-order valence-corrected chi connectivity index (χ0v) is 22.9. The number of ether oxygens (including phenoxy) is 1. The van der Waals surface area contributed by atoms with Crippen molar-refractivity contribution in [1.82, 2.24) is 5.16 Å². The fraction of sp³-hybridized carbons (Fsp3) is 0.500. The number of hydrogen-bond donors (Lipinski definition) is 1. The first kappa shape index (κ1) is 26.5. The quantitative estimate of drug-likeness (QED) is 0.373. The van der Waals surface area contributed by atoms with Gasteiger partial charge in [-0.05, 0) is 106 Å². The van der Waals surface area contributed by atoms with Crippen LogP contribution in [0.25, 0.3) is 11.3 Å². The van der Waals surface area contributed by atoms with E-state index >= 15 is 0 Å². The highest BCUT2D eigenvalue weighted by molar-refractivity contribution is 5.95. The molecule has 0 aliphatic heterocycles. The Morgan fingerprint density at radius 2 is 1.76 bits per heavy atom. The number of amides is 1. The predicted octanol–water partition coefficient (Wildman–Crippen LogP) is 6.83. The first-order valence-corrected chi connectivity index (χ1v) is 14.1. The molecule has 2 saturated carbocycles. The monoisotopic (exact) mass is 516 g/mol.